The van der Waals surface area contributed by atoms with Gasteiger partial charge in [-0.3, -0.25) is 9.69 Å². The number of nitrogens with zero attached hydrogens (tertiary/aromatic N) is 1. The third kappa shape index (κ3) is 6.59. The van der Waals surface area contributed by atoms with Gasteiger partial charge in [-0.05, 0) is 36.5 Å². The fraction of sp³-hybridized carbons (Fsp3) is 0.636. The summed E-state index contributed by atoms with van der Waals surface area (Å²) in [6.07, 6.45) is -1.94. The minimum absolute atomic E-state index is 0.000104. The first kappa shape index (κ1) is 24.3. The lowest BCUT2D eigenvalue weighted by atomic mass is 9.78. The van der Waals surface area contributed by atoms with E-state index in [0.717, 1.165) is 44.5 Å². The monoisotopic (exact) mass is 458 g/mol. The molecule has 1 aromatic carbocycles. The zero-order valence-electron chi connectivity index (χ0n) is 18.0. The van der Waals surface area contributed by atoms with Crippen LogP contribution in [0, 0.1) is 17.3 Å². The molecule has 0 radical (unpaired) electrons. The number of ether oxygens (including phenoxy) is 2. The highest BCUT2D eigenvalue weighted by molar-refractivity contribution is 5.77. The average molecular weight is 458 g/mol. The van der Waals surface area contributed by atoms with Gasteiger partial charge in [0.05, 0.1) is 20.3 Å². The van der Waals surface area contributed by atoms with Crippen molar-refractivity contribution in [1.29, 1.82) is 0 Å². The fourth-order valence-corrected chi connectivity index (χ4v) is 4.26. The van der Waals surface area contributed by atoms with E-state index < -0.39 is 12.1 Å². The molecular weight excluding hydrogens is 429 g/mol. The van der Waals surface area contributed by atoms with Crippen LogP contribution in [0.2, 0.25) is 0 Å². The number of fused-ring (bicyclic) bond motifs is 1. The zero-order chi connectivity index (χ0) is 23.4. The molecule has 3 fully saturated rings. The molecule has 0 spiro atoms. The molecule has 2 atom stereocenters. The van der Waals surface area contributed by atoms with Gasteiger partial charge in [-0.25, -0.2) is 4.79 Å². The van der Waals surface area contributed by atoms with Crippen molar-refractivity contribution >= 4 is 11.9 Å². The van der Waals surface area contributed by atoms with E-state index in [1.165, 1.54) is 18.4 Å². The molecule has 2 N–H and O–H groups in total. The summed E-state index contributed by atoms with van der Waals surface area (Å²) in [5.74, 6) is -0.468. The van der Waals surface area contributed by atoms with Crippen LogP contribution in [-0.2, 0) is 20.9 Å². The molecule has 7 nitrogen and oxygen atoms in total. The van der Waals surface area contributed by atoms with Gasteiger partial charge in [-0.1, -0.05) is 12.1 Å². The molecular formula is C22H29F3N2O5. The number of hydrogen-bond acceptors (Lipinski definition) is 5. The van der Waals surface area contributed by atoms with Crippen LogP contribution < -0.4 is 10.1 Å². The predicted molar refractivity (Wildman–Crippen MR) is 109 cm³/mol. The standard InChI is InChI=1S/C20H28N2O3.C2HF3O2/c1-24-18-6-4-16(5-7-18)10-22-11-17-12-25-14-20(17,13-22)8-19(23)21-9-15-2-3-15;3-2(4,5)1(6)7/h4-7,15,17H,2-3,8-14H2,1H3,(H,21,23);(H,6,7)/t17-,20+;/m1./s1. The third-order valence-electron chi connectivity index (χ3n) is 6.20. The third-order valence-corrected chi connectivity index (χ3v) is 6.20. The first-order chi connectivity index (χ1) is 15.1. The molecule has 10 heteroatoms. The number of halogens is 3. The van der Waals surface area contributed by atoms with Gasteiger partial charge in [-0.2, -0.15) is 13.2 Å². The first-order valence-corrected chi connectivity index (χ1v) is 10.6. The molecule has 1 aromatic rings. The number of carboxylic acid groups (broad SMARTS) is 1. The van der Waals surface area contributed by atoms with Crippen molar-refractivity contribution in [3.8, 4) is 5.75 Å². The highest BCUT2D eigenvalue weighted by Gasteiger charge is 2.51. The maximum absolute atomic E-state index is 12.4. The van der Waals surface area contributed by atoms with Crippen molar-refractivity contribution in [1.82, 2.24) is 10.2 Å². The average Bonchev–Trinajstić information content (AvgIpc) is 3.40. The Hall–Kier alpha value is -2.33. The van der Waals surface area contributed by atoms with Crippen LogP contribution in [0.5, 0.6) is 5.75 Å². The number of aliphatic carboxylic acids is 1. The van der Waals surface area contributed by atoms with E-state index in [4.69, 9.17) is 19.4 Å². The number of methoxy groups -OCH3 is 1. The van der Waals surface area contributed by atoms with Crippen molar-refractivity contribution in [2.45, 2.75) is 32.0 Å². The Morgan fingerprint density at radius 2 is 1.94 bits per heavy atom. The number of carboxylic acids is 1. The maximum atomic E-state index is 12.4. The predicted octanol–water partition coefficient (Wildman–Crippen LogP) is 2.69. The van der Waals surface area contributed by atoms with Crippen LogP contribution in [0.4, 0.5) is 13.2 Å². The minimum atomic E-state index is -5.08. The van der Waals surface area contributed by atoms with Crippen LogP contribution in [0.15, 0.2) is 24.3 Å². The molecule has 0 aromatic heterocycles. The summed E-state index contributed by atoms with van der Waals surface area (Å²) in [4.78, 5) is 23.8. The second-order valence-electron chi connectivity index (χ2n) is 8.82. The van der Waals surface area contributed by atoms with Crippen molar-refractivity contribution < 1.29 is 37.3 Å². The lowest BCUT2D eigenvalue weighted by Gasteiger charge is -2.26. The number of nitrogens with one attached hydrogen (secondary N) is 1. The Labute approximate surface area is 184 Å². The van der Waals surface area contributed by atoms with E-state index in [9.17, 15) is 18.0 Å². The summed E-state index contributed by atoms with van der Waals surface area (Å²) < 4.78 is 42.7. The smallest absolute Gasteiger partial charge is 0.490 e. The van der Waals surface area contributed by atoms with Gasteiger partial charge in [0.2, 0.25) is 5.91 Å². The van der Waals surface area contributed by atoms with Gasteiger partial charge >= 0.3 is 12.1 Å². The Bertz CT molecular complexity index is 798. The summed E-state index contributed by atoms with van der Waals surface area (Å²) >= 11 is 0. The molecule has 0 bridgehead atoms. The number of alkyl halides is 3. The Morgan fingerprint density at radius 1 is 1.28 bits per heavy atom. The van der Waals surface area contributed by atoms with Crippen molar-refractivity contribution in [3.63, 3.8) is 0 Å². The summed E-state index contributed by atoms with van der Waals surface area (Å²) in [6, 6.07) is 8.27. The lowest BCUT2D eigenvalue weighted by molar-refractivity contribution is -0.192. The van der Waals surface area contributed by atoms with Crippen LogP contribution in [-0.4, -0.2) is 68.0 Å². The van der Waals surface area contributed by atoms with E-state index >= 15 is 0 Å². The van der Waals surface area contributed by atoms with Crippen LogP contribution in [0.1, 0.15) is 24.8 Å². The number of likely N-dealkylation sites (tertiary alicyclic amines) is 1. The highest BCUT2D eigenvalue weighted by atomic mass is 19.4. The van der Waals surface area contributed by atoms with Crippen molar-refractivity contribution in [3.05, 3.63) is 29.8 Å². The van der Waals surface area contributed by atoms with Crippen LogP contribution in [0.3, 0.4) is 0 Å². The number of benzene rings is 1. The largest absolute Gasteiger partial charge is 0.497 e. The molecule has 1 aliphatic carbocycles. The zero-order valence-corrected chi connectivity index (χ0v) is 18.0. The highest BCUT2D eigenvalue weighted by Crippen LogP contribution is 2.44. The molecule has 0 unspecified atom stereocenters. The van der Waals surface area contributed by atoms with Gasteiger partial charge in [-0.15, -0.1) is 0 Å². The van der Waals surface area contributed by atoms with Crippen LogP contribution >= 0.6 is 0 Å². The molecule has 2 aliphatic heterocycles. The number of hydrogen-bond donors (Lipinski definition) is 2. The Kier molecular flexibility index (Phi) is 7.66. The van der Waals surface area contributed by atoms with Gasteiger partial charge < -0.3 is 19.9 Å². The number of carbonyl (C=O) groups is 2. The van der Waals surface area contributed by atoms with Gasteiger partial charge in [0.25, 0.3) is 0 Å². The Balaban J connectivity index is 0.000000360. The topological polar surface area (TPSA) is 88.1 Å². The lowest BCUT2D eigenvalue weighted by Crippen LogP contribution is -2.38. The second kappa shape index (κ2) is 10.1. The molecule has 32 heavy (non-hydrogen) atoms. The normalized spacial score (nSPS) is 24.9. The van der Waals surface area contributed by atoms with Gasteiger partial charge in [0, 0.05) is 43.9 Å². The van der Waals surface area contributed by atoms with E-state index in [0.29, 0.717) is 18.9 Å². The van der Waals surface area contributed by atoms with Crippen molar-refractivity contribution in [2.24, 2.45) is 17.3 Å². The van der Waals surface area contributed by atoms with E-state index in [-0.39, 0.29) is 11.3 Å². The summed E-state index contributed by atoms with van der Waals surface area (Å²) in [5.41, 5.74) is 1.29. The molecule has 2 heterocycles. The van der Waals surface area contributed by atoms with E-state index in [1.54, 1.807) is 7.11 Å². The minimum Gasteiger partial charge on any atom is -0.497 e. The number of rotatable bonds is 7. The Morgan fingerprint density at radius 3 is 2.50 bits per heavy atom. The number of amides is 1. The molecule has 2 saturated heterocycles. The molecule has 1 saturated carbocycles. The summed E-state index contributed by atoms with van der Waals surface area (Å²) in [6.45, 7) is 5.24. The van der Waals surface area contributed by atoms with E-state index in [2.05, 4.69) is 22.3 Å². The van der Waals surface area contributed by atoms with Crippen molar-refractivity contribution in [2.75, 3.05) is 40.0 Å². The van der Waals surface area contributed by atoms with Gasteiger partial charge in [0.15, 0.2) is 0 Å². The fourth-order valence-electron chi connectivity index (χ4n) is 4.26. The maximum Gasteiger partial charge on any atom is 0.490 e. The molecule has 178 valence electrons. The quantitative estimate of drug-likeness (QED) is 0.653. The molecule has 1 amide bonds. The van der Waals surface area contributed by atoms with Gasteiger partial charge in [0.1, 0.15) is 5.75 Å². The first-order valence-electron chi connectivity index (χ1n) is 10.6. The summed E-state index contributed by atoms with van der Waals surface area (Å²) in [7, 11) is 1.69. The SMILES string of the molecule is COc1ccc(CN2C[C@@H]3COC[C@]3(CC(=O)NCC3CC3)C2)cc1.O=C(O)C(F)(F)F. The summed E-state index contributed by atoms with van der Waals surface area (Å²) in [5, 5.41) is 10.3. The second-order valence-corrected chi connectivity index (χ2v) is 8.82. The molecule has 4 rings (SSSR count). The number of carbonyl (C=O) groups excluding carboxylic acids is 1. The molecule has 3 aliphatic rings. The van der Waals surface area contributed by atoms with Crippen LogP contribution in [0.25, 0.3) is 0 Å². The van der Waals surface area contributed by atoms with E-state index in [1.807, 2.05) is 12.1 Å².